The van der Waals surface area contributed by atoms with Crippen LogP contribution in [0.15, 0.2) is 23.8 Å². The molecular weight excluding hydrogens is 753 g/mol. The van der Waals surface area contributed by atoms with E-state index in [1.165, 1.54) is 5.57 Å². The van der Waals surface area contributed by atoms with E-state index in [1.807, 2.05) is 0 Å². The van der Waals surface area contributed by atoms with Gasteiger partial charge in [-0.1, -0.05) is 108 Å². The summed E-state index contributed by atoms with van der Waals surface area (Å²) in [5, 5.41) is -0.0257. The Balaban J connectivity index is 1.39. The van der Waals surface area contributed by atoms with Crippen LogP contribution in [0.2, 0.25) is 46.3 Å². The minimum Gasteiger partial charge on any atom is -0.416 e. The third kappa shape index (κ3) is 8.77. The summed E-state index contributed by atoms with van der Waals surface area (Å²) in [6.45, 7) is 46.9. The fraction of sp³-hybridized carbons (Fsp3) is 0.911. The second kappa shape index (κ2) is 16.3. The number of fused-ring (bicyclic) bond motifs is 4. The molecule has 0 amide bonds. The second-order valence-electron chi connectivity index (χ2n) is 22.4. The molecule has 0 aromatic rings. The molecule has 0 aromatic heterocycles. The molecule has 0 N–H and O–H groups in total. The summed E-state index contributed by atoms with van der Waals surface area (Å²) in [5.41, 5.74) is 1.17. The molecule has 0 unspecified atom stereocenters. The Morgan fingerprint density at radius 2 is 1.52 bits per heavy atom. The molecule has 324 valence electrons. The molecule has 11 heteroatoms. The van der Waals surface area contributed by atoms with Crippen LogP contribution in [0.3, 0.4) is 0 Å². The molecule has 0 spiro atoms. The number of hydrogen-bond donors (Lipinski definition) is 0. The van der Waals surface area contributed by atoms with Gasteiger partial charge in [0.15, 0.2) is 16.6 Å². The van der Waals surface area contributed by atoms with Crippen molar-refractivity contribution >= 4 is 25.2 Å². The van der Waals surface area contributed by atoms with Gasteiger partial charge in [-0.15, -0.1) is 0 Å². The SMILES string of the molecule is C=C1C[C@@H]2O[C@H]3[C@H](C[C@@]2(C)O[C@H]1C/C(C)=C/[C@@H](C)CO[Si](C)(C)C(C)(C)C)O[C@@H]1C[C@@H]2O[Si](C(C)(C)C)(C(C)(C)C)OC[C@H]2O[C@@]1(C)[C@@H]3O[Si](CC)(CC)CC. The molecule has 0 bridgehead atoms. The first kappa shape index (κ1) is 46.9. The normalized spacial score (nSPS) is 37.6. The van der Waals surface area contributed by atoms with Gasteiger partial charge in [0.2, 0.25) is 0 Å². The zero-order chi connectivity index (χ0) is 42.1. The molecule has 0 aliphatic carbocycles. The predicted octanol–water partition coefficient (Wildman–Crippen LogP) is 11.4. The van der Waals surface area contributed by atoms with Crippen LogP contribution < -0.4 is 0 Å². The Labute approximate surface area is 346 Å². The van der Waals surface area contributed by atoms with E-state index in [0.717, 1.165) is 56.0 Å². The van der Waals surface area contributed by atoms with Crippen molar-refractivity contribution in [2.75, 3.05) is 13.2 Å². The van der Waals surface area contributed by atoms with Crippen molar-refractivity contribution in [2.24, 2.45) is 5.92 Å². The highest BCUT2D eigenvalue weighted by molar-refractivity contribution is 6.74. The van der Waals surface area contributed by atoms with E-state index < -0.39 is 36.4 Å². The molecule has 5 aliphatic heterocycles. The molecular formula is C45H84O8Si3. The molecule has 5 heterocycles. The summed E-state index contributed by atoms with van der Waals surface area (Å²) in [5.74, 6) is 0.326. The van der Waals surface area contributed by atoms with E-state index in [-0.39, 0.29) is 63.9 Å². The van der Waals surface area contributed by atoms with E-state index >= 15 is 0 Å². The second-order valence-corrected chi connectivity index (χ2v) is 36.7. The molecule has 5 aliphatic rings. The Morgan fingerprint density at radius 3 is 2.07 bits per heavy atom. The lowest BCUT2D eigenvalue weighted by molar-refractivity contribution is -0.364. The van der Waals surface area contributed by atoms with E-state index in [9.17, 15) is 0 Å². The Kier molecular flexibility index (Phi) is 13.6. The van der Waals surface area contributed by atoms with Gasteiger partial charge in [0.25, 0.3) is 0 Å². The maximum Gasteiger partial charge on any atom is 0.349 e. The van der Waals surface area contributed by atoms with Crippen molar-refractivity contribution in [1.29, 1.82) is 0 Å². The minimum atomic E-state index is -2.70. The molecule has 0 radical (unpaired) electrons. The first-order valence-corrected chi connectivity index (χ1v) is 29.5. The van der Waals surface area contributed by atoms with Crippen LogP contribution in [0.1, 0.15) is 136 Å². The number of ether oxygens (including phenoxy) is 4. The molecule has 8 nitrogen and oxygen atoms in total. The van der Waals surface area contributed by atoms with Crippen molar-refractivity contribution < 1.29 is 36.7 Å². The van der Waals surface area contributed by atoms with Crippen LogP contribution in [0, 0.1) is 5.92 Å². The fourth-order valence-corrected chi connectivity index (χ4v) is 19.4. The van der Waals surface area contributed by atoms with Crippen molar-refractivity contribution in [2.45, 2.75) is 243 Å². The van der Waals surface area contributed by atoms with Gasteiger partial charge in [-0.05, 0) is 81.4 Å². The maximum atomic E-state index is 7.56. The summed E-state index contributed by atoms with van der Waals surface area (Å²) in [4.78, 5) is 0. The highest BCUT2D eigenvalue weighted by Crippen LogP contribution is 2.57. The molecule has 56 heavy (non-hydrogen) atoms. The van der Waals surface area contributed by atoms with E-state index in [2.05, 4.69) is 137 Å². The predicted molar refractivity (Wildman–Crippen MR) is 236 cm³/mol. The zero-order valence-corrected chi connectivity index (χ0v) is 42.1. The van der Waals surface area contributed by atoms with Gasteiger partial charge in [-0.25, -0.2) is 0 Å². The smallest absolute Gasteiger partial charge is 0.349 e. The van der Waals surface area contributed by atoms with Crippen LogP contribution in [-0.2, 0) is 36.7 Å². The van der Waals surface area contributed by atoms with Crippen LogP contribution in [0.4, 0.5) is 0 Å². The van der Waals surface area contributed by atoms with E-state index in [1.54, 1.807) is 0 Å². The van der Waals surface area contributed by atoms with Crippen molar-refractivity contribution in [3.8, 4) is 0 Å². The highest BCUT2D eigenvalue weighted by Gasteiger charge is 2.68. The standard InChI is InChI=1S/C45H84O8Si3/c1-20-55(21-2,22-3)53-40-39-35(48-38-26-34-36(51-45(38,40)17)29-47-56(52-34,42(10,11)12)43(13,14)15)27-44(16)37(49-39)25-32(6)33(50-44)24-30(4)23-31(5)28-46-54(18,19)41(7,8)9/h23,31,33-40H,6,20-22,24-29H2,1-5,7-19H3/b30-23+/t31-,33+,34+,35+,36-,37+,38-,39+,40-,44-,45-/m1/s1. The minimum absolute atomic E-state index is 0.0790. The Hall–Kier alpha value is -0.189. The summed E-state index contributed by atoms with van der Waals surface area (Å²) in [7, 11) is -6.61. The van der Waals surface area contributed by atoms with E-state index in [0.29, 0.717) is 12.5 Å². The molecule has 5 fully saturated rings. The topological polar surface area (TPSA) is 73.8 Å². The highest BCUT2D eigenvalue weighted by atomic mass is 28.4. The molecule has 11 atom stereocenters. The fourth-order valence-electron chi connectivity index (χ4n) is 10.4. The van der Waals surface area contributed by atoms with Crippen molar-refractivity contribution in [3.05, 3.63) is 23.8 Å². The van der Waals surface area contributed by atoms with Gasteiger partial charge in [0.1, 0.15) is 23.9 Å². The lowest BCUT2D eigenvalue weighted by atomic mass is 9.73. The van der Waals surface area contributed by atoms with Crippen LogP contribution in [0.25, 0.3) is 0 Å². The third-order valence-electron chi connectivity index (χ3n) is 15.0. The molecule has 5 saturated heterocycles. The third-order valence-corrected chi connectivity index (χ3v) is 29.3. The lowest BCUT2D eigenvalue weighted by Gasteiger charge is -2.64. The summed E-state index contributed by atoms with van der Waals surface area (Å²) in [6.07, 6.45) is 3.94. The Morgan fingerprint density at radius 1 is 0.911 bits per heavy atom. The molecule has 5 rings (SSSR count). The monoisotopic (exact) mass is 837 g/mol. The van der Waals surface area contributed by atoms with Crippen LogP contribution in [-0.4, -0.2) is 98.4 Å². The summed E-state index contributed by atoms with van der Waals surface area (Å²) >= 11 is 0. The van der Waals surface area contributed by atoms with Gasteiger partial charge < -0.3 is 36.7 Å². The van der Waals surface area contributed by atoms with Gasteiger partial charge in [0.05, 0.1) is 42.7 Å². The van der Waals surface area contributed by atoms with Gasteiger partial charge in [-0.3, -0.25) is 0 Å². The lowest BCUT2D eigenvalue weighted by Crippen LogP contribution is -2.77. The van der Waals surface area contributed by atoms with E-state index in [4.69, 9.17) is 36.7 Å². The van der Waals surface area contributed by atoms with Crippen molar-refractivity contribution in [1.82, 2.24) is 0 Å². The first-order valence-electron chi connectivity index (χ1n) is 22.2. The average molecular weight is 837 g/mol. The quantitative estimate of drug-likeness (QED) is 0.150. The molecule has 0 aromatic carbocycles. The summed E-state index contributed by atoms with van der Waals surface area (Å²) in [6, 6.07) is 3.15. The van der Waals surface area contributed by atoms with Gasteiger partial charge >= 0.3 is 8.56 Å². The Bertz CT molecular complexity index is 1400. The summed E-state index contributed by atoms with van der Waals surface area (Å²) < 4.78 is 57.3. The van der Waals surface area contributed by atoms with Gasteiger partial charge in [0, 0.05) is 29.5 Å². The number of hydrogen-bond acceptors (Lipinski definition) is 8. The maximum absolute atomic E-state index is 7.56. The van der Waals surface area contributed by atoms with Crippen molar-refractivity contribution in [3.63, 3.8) is 0 Å². The zero-order valence-electron chi connectivity index (χ0n) is 39.1. The largest absolute Gasteiger partial charge is 0.416 e. The average Bonchev–Trinajstić information content (AvgIpc) is 3.07. The van der Waals surface area contributed by atoms with Crippen LogP contribution >= 0.6 is 0 Å². The molecule has 0 saturated carbocycles. The number of rotatable bonds is 11. The first-order chi connectivity index (χ1) is 25.6. The van der Waals surface area contributed by atoms with Gasteiger partial charge in [-0.2, -0.15) is 0 Å². The van der Waals surface area contributed by atoms with Crippen LogP contribution in [0.5, 0.6) is 0 Å².